The predicted octanol–water partition coefficient (Wildman–Crippen LogP) is 0.895. The molecule has 0 aliphatic carbocycles. The summed E-state index contributed by atoms with van der Waals surface area (Å²) in [6.45, 7) is 8.73. The second kappa shape index (κ2) is 10.1. The van der Waals surface area contributed by atoms with Crippen LogP contribution >= 0.6 is 0 Å². The Kier molecular flexibility index (Phi) is 8.45. The number of hydrogen-bond acceptors (Lipinski definition) is 5. The lowest BCUT2D eigenvalue weighted by Crippen LogP contribution is -2.40. The number of nitrogens with one attached hydrogen (secondary N) is 1. The Morgan fingerprint density at radius 1 is 1.08 bits per heavy atom. The number of carbonyl (C=O) groups excluding carboxylic acids is 1. The highest BCUT2D eigenvalue weighted by molar-refractivity contribution is 6.11. The van der Waals surface area contributed by atoms with Crippen LogP contribution in [0, 0.1) is 5.92 Å². The third-order valence-electron chi connectivity index (χ3n) is 4.63. The minimum absolute atomic E-state index is 0.0467. The SMILES string of the molecule is [B]C1CC(CC(=O)NCC2OC([B])CC2OC(C)C)C(COC(C)C)O1. The maximum absolute atomic E-state index is 12.4. The summed E-state index contributed by atoms with van der Waals surface area (Å²) in [6.07, 6.45) is 1.39. The number of carbonyl (C=O) groups is 1. The molecule has 0 saturated carbocycles. The first-order valence-electron chi connectivity index (χ1n) is 9.60. The van der Waals surface area contributed by atoms with Crippen LogP contribution in [0.5, 0.6) is 0 Å². The van der Waals surface area contributed by atoms with Crippen LogP contribution in [0.3, 0.4) is 0 Å². The van der Waals surface area contributed by atoms with Crippen molar-refractivity contribution in [1.82, 2.24) is 5.32 Å². The van der Waals surface area contributed by atoms with Gasteiger partial charge in [-0.25, -0.2) is 0 Å². The fourth-order valence-electron chi connectivity index (χ4n) is 3.46. The van der Waals surface area contributed by atoms with E-state index in [0.29, 0.717) is 32.4 Å². The highest BCUT2D eigenvalue weighted by Gasteiger charge is 2.36. The number of hydrogen-bond donors (Lipinski definition) is 1. The van der Waals surface area contributed by atoms with Crippen LogP contribution in [-0.2, 0) is 23.7 Å². The molecular formula is C18H31B2NO5. The van der Waals surface area contributed by atoms with Gasteiger partial charge in [0.1, 0.15) is 21.8 Å². The Morgan fingerprint density at radius 3 is 2.38 bits per heavy atom. The molecule has 6 unspecified atom stereocenters. The molecule has 6 nitrogen and oxygen atoms in total. The van der Waals surface area contributed by atoms with E-state index in [1.54, 1.807) is 0 Å². The van der Waals surface area contributed by atoms with Crippen molar-refractivity contribution in [1.29, 1.82) is 0 Å². The third kappa shape index (κ3) is 6.87. The number of ether oxygens (including phenoxy) is 4. The molecule has 6 atom stereocenters. The van der Waals surface area contributed by atoms with Gasteiger partial charge in [0, 0.05) is 25.0 Å². The molecule has 2 heterocycles. The molecule has 1 amide bonds. The molecule has 2 rings (SSSR count). The minimum atomic E-state index is -0.348. The topological polar surface area (TPSA) is 66.0 Å². The van der Waals surface area contributed by atoms with Crippen molar-refractivity contribution in [2.75, 3.05) is 13.2 Å². The third-order valence-corrected chi connectivity index (χ3v) is 4.63. The molecule has 0 aromatic heterocycles. The maximum atomic E-state index is 12.4. The summed E-state index contributed by atoms with van der Waals surface area (Å²) in [7, 11) is 11.8. The second-order valence-electron chi connectivity index (χ2n) is 7.77. The highest BCUT2D eigenvalue weighted by Crippen LogP contribution is 2.28. The molecule has 1 N–H and O–H groups in total. The average molecular weight is 363 g/mol. The molecule has 0 bridgehead atoms. The molecule has 2 aliphatic heterocycles. The fourth-order valence-corrected chi connectivity index (χ4v) is 3.46. The Labute approximate surface area is 159 Å². The largest absolute Gasteiger partial charge is 0.382 e. The van der Waals surface area contributed by atoms with Gasteiger partial charge < -0.3 is 24.3 Å². The van der Waals surface area contributed by atoms with E-state index in [1.807, 2.05) is 27.7 Å². The smallest absolute Gasteiger partial charge is 0.220 e. The summed E-state index contributed by atoms with van der Waals surface area (Å²) in [5.41, 5.74) is 0. The Hall–Kier alpha value is -0.560. The van der Waals surface area contributed by atoms with E-state index in [-0.39, 0.29) is 54.4 Å². The van der Waals surface area contributed by atoms with Crippen molar-refractivity contribution in [3.05, 3.63) is 0 Å². The summed E-state index contributed by atoms with van der Waals surface area (Å²) >= 11 is 0. The van der Waals surface area contributed by atoms with Crippen molar-refractivity contribution >= 4 is 21.6 Å². The maximum Gasteiger partial charge on any atom is 0.220 e. The van der Waals surface area contributed by atoms with Gasteiger partial charge in [0.15, 0.2) is 0 Å². The summed E-state index contributed by atoms with van der Waals surface area (Å²) in [4.78, 5) is 12.4. The normalized spacial score (nSPS) is 34.7. The quantitative estimate of drug-likeness (QED) is 0.617. The van der Waals surface area contributed by atoms with Gasteiger partial charge in [-0.2, -0.15) is 0 Å². The molecule has 0 aromatic rings. The van der Waals surface area contributed by atoms with Crippen LogP contribution in [0.15, 0.2) is 0 Å². The predicted molar refractivity (Wildman–Crippen MR) is 100 cm³/mol. The van der Waals surface area contributed by atoms with Crippen LogP contribution in [0.1, 0.15) is 47.0 Å². The monoisotopic (exact) mass is 363 g/mol. The van der Waals surface area contributed by atoms with E-state index >= 15 is 0 Å². The van der Waals surface area contributed by atoms with Crippen LogP contribution in [0.25, 0.3) is 0 Å². The van der Waals surface area contributed by atoms with E-state index in [2.05, 4.69) is 5.32 Å². The van der Waals surface area contributed by atoms with Gasteiger partial charge >= 0.3 is 0 Å². The molecular weight excluding hydrogens is 332 g/mol. The fraction of sp³-hybridized carbons (Fsp3) is 0.944. The molecule has 2 fully saturated rings. The molecule has 4 radical (unpaired) electrons. The van der Waals surface area contributed by atoms with E-state index in [0.717, 1.165) is 0 Å². The van der Waals surface area contributed by atoms with Crippen molar-refractivity contribution in [2.24, 2.45) is 5.92 Å². The van der Waals surface area contributed by atoms with Crippen LogP contribution < -0.4 is 5.32 Å². The Bertz CT molecular complexity index is 451. The van der Waals surface area contributed by atoms with Gasteiger partial charge in [-0.3, -0.25) is 4.79 Å². The highest BCUT2D eigenvalue weighted by atomic mass is 16.6. The van der Waals surface area contributed by atoms with E-state index in [1.165, 1.54) is 0 Å². The summed E-state index contributed by atoms with van der Waals surface area (Å²) < 4.78 is 22.8. The second-order valence-corrected chi connectivity index (χ2v) is 7.77. The standard InChI is InChI=1S/C18H31B2NO5/c1-10(2)23-9-15-12(5-16(19)26-15)6-18(22)21-8-14-13(24-11(3)4)7-17(20)25-14/h10-17H,5-9H2,1-4H3,(H,21,22). The lowest BCUT2D eigenvalue weighted by molar-refractivity contribution is -0.124. The first-order chi connectivity index (χ1) is 12.2. The minimum Gasteiger partial charge on any atom is -0.382 e. The van der Waals surface area contributed by atoms with Crippen molar-refractivity contribution < 1.29 is 23.7 Å². The van der Waals surface area contributed by atoms with Crippen molar-refractivity contribution in [3.63, 3.8) is 0 Å². The van der Waals surface area contributed by atoms with Crippen molar-refractivity contribution in [2.45, 2.75) is 89.5 Å². The molecule has 2 saturated heterocycles. The van der Waals surface area contributed by atoms with Crippen LogP contribution in [-0.4, -0.2) is 77.3 Å². The lowest BCUT2D eigenvalue weighted by Gasteiger charge is -2.23. The first kappa shape index (κ1) is 21.7. The van der Waals surface area contributed by atoms with E-state index < -0.39 is 0 Å². The van der Waals surface area contributed by atoms with Gasteiger partial charge in [0.2, 0.25) is 5.91 Å². The van der Waals surface area contributed by atoms with Gasteiger partial charge in [0.05, 0.1) is 31.0 Å². The van der Waals surface area contributed by atoms with Gasteiger partial charge in [-0.1, -0.05) is 0 Å². The zero-order valence-electron chi connectivity index (χ0n) is 16.4. The molecule has 0 spiro atoms. The van der Waals surface area contributed by atoms with E-state index in [9.17, 15) is 4.79 Å². The number of rotatable bonds is 9. The Balaban J connectivity index is 1.78. The molecule has 144 valence electrons. The average Bonchev–Trinajstić information content (AvgIpc) is 3.04. The summed E-state index contributed by atoms with van der Waals surface area (Å²) in [5.74, 6) is 0.00725. The summed E-state index contributed by atoms with van der Waals surface area (Å²) in [5, 5.41) is 2.94. The molecule has 26 heavy (non-hydrogen) atoms. The molecule has 2 aliphatic rings. The molecule has 8 heteroatoms. The molecule has 0 aromatic carbocycles. The van der Waals surface area contributed by atoms with Gasteiger partial charge in [-0.05, 0) is 46.5 Å². The Morgan fingerprint density at radius 2 is 1.73 bits per heavy atom. The van der Waals surface area contributed by atoms with Crippen molar-refractivity contribution in [3.8, 4) is 0 Å². The lowest BCUT2D eigenvalue weighted by atomic mass is 9.89. The van der Waals surface area contributed by atoms with Gasteiger partial charge in [0.25, 0.3) is 0 Å². The van der Waals surface area contributed by atoms with Gasteiger partial charge in [-0.15, -0.1) is 0 Å². The zero-order valence-corrected chi connectivity index (χ0v) is 16.4. The van der Waals surface area contributed by atoms with Crippen LogP contribution in [0.4, 0.5) is 0 Å². The van der Waals surface area contributed by atoms with Crippen LogP contribution in [0.2, 0.25) is 0 Å². The first-order valence-corrected chi connectivity index (χ1v) is 9.60. The zero-order chi connectivity index (χ0) is 19.3. The number of amides is 1. The summed E-state index contributed by atoms with van der Waals surface area (Å²) in [6, 6.07) is -0.687. The van der Waals surface area contributed by atoms with E-state index in [4.69, 9.17) is 34.6 Å².